The van der Waals surface area contributed by atoms with E-state index in [2.05, 4.69) is 14.7 Å². The Morgan fingerprint density at radius 1 is 1.56 bits per heavy atom. The molecule has 0 radical (unpaired) electrons. The van der Waals surface area contributed by atoms with Gasteiger partial charge < -0.3 is 15.2 Å². The van der Waals surface area contributed by atoms with E-state index in [1.165, 1.54) is 7.11 Å². The van der Waals surface area contributed by atoms with Crippen LogP contribution in [0.15, 0.2) is 6.20 Å². The molecule has 6 nitrogen and oxygen atoms in total. The Morgan fingerprint density at radius 2 is 2.25 bits per heavy atom. The highest BCUT2D eigenvalue weighted by molar-refractivity contribution is 5.75. The lowest BCUT2D eigenvalue weighted by Crippen LogP contribution is -2.37. The van der Waals surface area contributed by atoms with Gasteiger partial charge in [0.25, 0.3) is 0 Å². The Hall–Kier alpha value is -1.69. The zero-order valence-corrected chi connectivity index (χ0v) is 9.56. The first kappa shape index (κ1) is 12.4. The predicted octanol–water partition coefficient (Wildman–Crippen LogP) is -0.0275. The third kappa shape index (κ3) is 3.16. The smallest absolute Gasteiger partial charge is 0.326 e. The molecule has 1 aromatic heterocycles. The van der Waals surface area contributed by atoms with Crippen molar-refractivity contribution in [1.29, 1.82) is 0 Å². The van der Waals surface area contributed by atoms with Crippen molar-refractivity contribution in [2.24, 2.45) is 5.73 Å². The summed E-state index contributed by atoms with van der Waals surface area (Å²) in [5.74, 6) is -0.127. The summed E-state index contributed by atoms with van der Waals surface area (Å²) in [5.41, 5.74) is 6.91. The van der Waals surface area contributed by atoms with Gasteiger partial charge >= 0.3 is 5.97 Å². The van der Waals surface area contributed by atoms with Crippen LogP contribution in [0.2, 0.25) is 0 Å². The molecule has 0 aliphatic rings. The highest BCUT2D eigenvalue weighted by Crippen LogP contribution is 2.11. The normalized spacial score (nSPS) is 12.0. The van der Waals surface area contributed by atoms with Gasteiger partial charge in [-0.1, -0.05) is 0 Å². The summed E-state index contributed by atoms with van der Waals surface area (Å²) in [6, 6.07) is -0.813. The number of aryl methyl sites for hydroxylation is 2. The van der Waals surface area contributed by atoms with Gasteiger partial charge in [-0.3, -0.25) is 9.78 Å². The fraction of sp³-hybridized carbons (Fsp3) is 0.500. The van der Waals surface area contributed by atoms with E-state index in [-0.39, 0.29) is 6.61 Å². The average Bonchev–Trinajstić information content (AvgIpc) is 2.28. The molecule has 0 saturated heterocycles. The topological polar surface area (TPSA) is 87.3 Å². The first-order valence-corrected chi connectivity index (χ1v) is 4.81. The van der Waals surface area contributed by atoms with Crippen LogP contribution in [0.1, 0.15) is 11.4 Å². The molecule has 16 heavy (non-hydrogen) atoms. The molecule has 88 valence electrons. The van der Waals surface area contributed by atoms with Crippen molar-refractivity contribution < 1.29 is 14.3 Å². The minimum atomic E-state index is -0.813. The molecule has 6 heteroatoms. The minimum absolute atomic E-state index is 0.0195. The lowest BCUT2D eigenvalue weighted by atomic mass is 10.3. The Labute approximate surface area is 93.8 Å². The zero-order chi connectivity index (χ0) is 12.1. The number of nitrogens with two attached hydrogens (primary N) is 1. The maximum atomic E-state index is 11.0. The van der Waals surface area contributed by atoms with Crippen LogP contribution in [0, 0.1) is 13.8 Å². The molecule has 1 unspecified atom stereocenters. The van der Waals surface area contributed by atoms with Crippen LogP contribution in [0.3, 0.4) is 0 Å². The van der Waals surface area contributed by atoms with Crippen LogP contribution >= 0.6 is 0 Å². The molecule has 0 bridgehead atoms. The SMILES string of the molecule is COC(=O)C(N)COc1nc(C)cnc1C. The predicted molar refractivity (Wildman–Crippen MR) is 57.0 cm³/mol. The summed E-state index contributed by atoms with van der Waals surface area (Å²) < 4.78 is 9.78. The van der Waals surface area contributed by atoms with Gasteiger partial charge in [-0.2, -0.15) is 0 Å². The molecule has 0 saturated carbocycles. The fourth-order valence-corrected chi connectivity index (χ4v) is 1.04. The largest absolute Gasteiger partial charge is 0.474 e. The number of methoxy groups -OCH3 is 1. The van der Waals surface area contributed by atoms with Crippen molar-refractivity contribution >= 4 is 5.97 Å². The van der Waals surface area contributed by atoms with Crippen LogP contribution in [0.25, 0.3) is 0 Å². The summed E-state index contributed by atoms with van der Waals surface area (Å²) in [6.45, 7) is 3.59. The van der Waals surface area contributed by atoms with E-state index in [1.54, 1.807) is 20.0 Å². The van der Waals surface area contributed by atoms with Crippen LogP contribution in [-0.2, 0) is 9.53 Å². The van der Waals surface area contributed by atoms with E-state index in [0.717, 1.165) is 5.69 Å². The van der Waals surface area contributed by atoms with Gasteiger partial charge in [0, 0.05) is 6.20 Å². The number of hydrogen-bond donors (Lipinski definition) is 1. The van der Waals surface area contributed by atoms with E-state index in [0.29, 0.717) is 11.6 Å². The molecule has 0 spiro atoms. The number of nitrogens with zero attached hydrogens (tertiary/aromatic N) is 2. The molecular weight excluding hydrogens is 210 g/mol. The van der Waals surface area contributed by atoms with Crippen molar-refractivity contribution in [3.63, 3.8) is 0 Å². The molecule has 2 N–H and O–H groups in total. The molecule has 0 aromatic carbocycles. The van der Waals surface area contributed by atoms with Gasteiger partial charge in [-0.15, -0.1) is 0 Å². The molecule has 1 rings (SSSR count). The second-order valence-electron chi connectivity index (χ2n) is 3.34. The van der Waals surface area contributed by atoms with E-state index in [9.17, 15) is 4.79 Å². The van der Waals surface area contributed by atoms with E-state index < -0.39 is 12.0 Å². The van der Waals surface area contributed by atoms with Crippen molar-refractivity contribution in [3.05, 3.63) is 17.6 Å². The average molecular weight is 225 g/mol. The number of carbonyl (C=O) groups is 1. The number of ether oxygens (including phenoxy) is 2. The van der Waals surface area contributed by atoms with Crippen molar-refractivity contribution in [2.75, 3.05) is 13.7 Å². The Kier molecular flexibility index (Phi) is 4.19. The minimum Gasteiger partial charge on any atom is -0.474 e. The first-order chi connectivity index (χ1) is 7.54. The van der Waals surface area contributed by atoms with Gasteiger partial charge in [-0.25, -0.2) is 4.98 Å². The second kappa shape index (κ2) is 5.41. The molecule has 1 heterocycles. The molecule has 1 aromatic rings. The van der Waals surface area contributed by atoms with E-state index in [4.69, 9.17) is 10.5 Å². The Morgan fingerprint density at radius 3 is 2.88 bits per heavy atom. The van der Waals surface area contributed by atoms with Gasteiger partial charge in [0.15, 0.2) is 0 Å². The van der Waals surface area contributed by atoms with Gasteiger partial charge in [0.1, 0.15) is 12.6 Å². The third-order valence-electron chi connectivity index (χ3n) is 1.94. The summed E-state index contributed by atoms with van der Waals surface area (Å²) in [5, 5.41) is 0. The van der Waals surface area contributed by atoms with E-state index >= 15 is 0 Å². The monoisotopic (exact) mass is 225 g/mol. The number of carbonyl (C=O) groups excluding carboxylic acids is 1. The van der Waals surface area contributed by atoms with Crippen LogP contribution < -0.4 is 10.5 Å². The zero-order valence-electron chi connectivity index (χ0n) is 9.56. The molecule has 0 aliphatic heterocycles. The van der Waals surface area contributed by atoms with Crippen LogP contribution in [-0.4, -0.2) is 35.7 Å². The number of aromatic nitrogens is 2. The van der Waals surface area contributed by atoms with Crippen molar-refractivity contribution in [1.82, 2.24) is 9.97 Å². The quantitative estimate of drug-likeness (QED) is 0.724. The Balaban J connectivity index is 2.60. The van der Waals surface area contributed by atoms with Gasteiger partial charge in [-0.05, 0) is 13.8 Å². The standard InChI is InChI=1S/C10H15N3O3/c1-6-4-12-7(2)9(13-6)16-5-8(11)10(14)15-3/h4,8H,5,11H2,1-3H3. The maximum absolute atomic E-state index is 11.0. The molecule has 0 aliphatic carbocycles. The van der Waals surface area contributed by atoms with Gasteiger partial charge in [0.05, 0.1) is 18.5 Å². The fourth-order valence-electron chi connectivity index (χ4n) is 1.04. The molecule has 0 amide bonds. The first-order valence-electron chi connectivity index (χ1n) is 4.81. The lowest BCUT2D eigenvalue weighted by molar-refractivity contribution is -0.142. The summed E-state index contributed by atoms with van der Waals surface area (Å²) >= 11 is 0. The Bertz CT molecular complexity index is 382. The highest BCUT2D eigenvalue weighted by atomic mass is 16.5. The third-order valence-corrected chi connectivity index (χ3v) is 1.94. The number of rotatable bonds is 4. The van der Waals surface area contributed by atoms with Gasteiger partial charge in [0.2, 0.25) is 5.88 Å². The molecule has 0 fully saturated rings. The highest BCUT2D eigenvalue weighted by Gasteiger charge is 2.15. The van der Waals surface area contributed by atoms with Crippen LogP contribution in [0.5, 0.6) is 5.88 Å². The lowest BCUT2D eigenvalue weighted by Gasteiger charge is -2.11. The van der Waals surface area contributed by atoms with Crippen molar-refractivity contribution in [3.8, 4) is 5.88 Å². The summed E-state index contributed by atoms with van der Waals surface area (Å²) in [6.07, 6.45) is 1.64. The number of esters is 1. The van der Waals surface area contributed by atoms with Crippen molar-refractivity contribution in [2.45, 2.75) is 19.9 Å². The summed E-state index contributed by atoms with van der Waals surface area (Å²) in [7, 11) is 1.28. The maximum Gasteiger partial charge on any atom is 0.326 e. The molecular formula is C10H15N3O3. The van der Waals surface area contributed by atoms with Crippen LogP contribution in [0.4, 0.5) is 0 Å². The summed E-state index contributed by atoms with van der Waals surface area (Å²) in [4.78, 5) is 19.2. The molecule has 1 atom stereocenters. The number of hydrogen-bond acceptors (Lipinski definition) is 6. The second-order valence-corrected chi connectivity index (χ2v) is 3.34. The van der Waals surface area contributed by atoms with E-state index in [1.807, 2.05) is 0 Å².